The summed E-state index contributed by atoms with van der Waals surface area (Å²) in [6.07, 6.45) is 8.84. The first kappa shape index (κ1) is 19.9. The molecule has 28 heavy (non-hydrogen) atoms. The van der Waals surface area contributed by atoms with E-state index in [1.807, 2.05) is 59.4 Å². The number of nitrogens with one attached hydrogen (secondary N) is 1. The molecule has 2 aromatic heterocycles. The fourth-order valence-corrected chi connectivity index (χ4v) is 3.17. The molecule has 0 fully saturated rings. The van der Waals surface area contributed by atoms with Crippen molar-refractivity contribution in [3.05, 3.63) is 66.6 Å². The van der Waals surface area contributed by atoms with E-state index in [1.54, 1.807) is 10.9 Å². The van der Waals surface area contributed by atoms with E-state index >= 15 is 0 Å². The molecular formula is C22H29N5O. The molecule has 2 heterocycles. The number of carbonyl (C=O) groups excluding carboxylic acids is 1. The van der Waals surface area contributed by atoms with Crippen LogP contribution >= 0.6 is 0 Å². The lowest BCUT2D eigenvalue weighted by Gasteiger charge is -2.16. The Labute approximate surface area is 166 Å². The molecule has 1 aromatic carbocycles. The maximum Gasteiger partial charge on any atom is 0.256 e. The number of hydrogen-bond acceptors (Lipinski definition) is 3. The third-order valence-electron chi connectivity index (χ3n) is 4.73. The average Bonchev–Trinajstić information content (AvgIpc) is 3.39. The highest BCUT2D eigenvalue weighted by atomic mass is 16.1. The van der Waals surface area contributed by atoms with Crippen molar-refractivity contribution in [2.24, 2.45) is 0 Å². The molecule has 0 spiro atoms. The summed E-state index contributed by atoms with van der Waals surface area (Å²) >= 11 is 0. The van der Waals surface area contributed by atoms with Gasteiger partial charge >= 0.3 is 0 Å². The summed E-state index contributed by atoms with van der Waals surface area (Å²) in [5.41, 5.74) is 1.49. The normalized spacial score (nSPS) is 11.1. The summed E-state index contributed by atoms with van der Waals surface area (Å²) in [5.74, 6) is 0.649. The van der Waals surface area contributed by atoms with E-state index in [9.17, 15) is 4.79 Å². The molecule has 0 saturated carbocycles. The monoisotopic (exact) mass is 379 g/mol. The number of rotatable bonds is 10. The zero-order valence-electron chi connectivity index (χ0n) is 16.7. The van der Waals surface area contributed by atoms with Gasteiger partial charge in [-0.2, -0.15) is 5.10 Å². The van der Waals surface area contributed by atoms with E-state index in [4.69, 9.17) is 0 Å². The second-order valence-electron chi connectivity index (χ2n) is 6.99. The second-order valence-corrected chi connectivity index (χ2v) is 6.99. The van der Waals surface area contributed by atoms with Gasteiger partial charge in [0.15, 0.2) is 5.82 Å². The Morgan fingerprint density at radius 3 is 2.50 bits per heavy atom. The minimum atomic E-state index is -0.0953. The number of aromatic nitrogens is 3. The van der Waals surface area contributed by atoms with Crippen LogP contribution in [0.15, 0.2) is 61.1 Å². The fourth-order valence-electron chi connectivity index (χ4n) is 3.17. The molecule has 6 heteroatoms. The molecule has 148 valence electrons. The van der Waals surface area contributed by atoms with Crippen molar-refractivity contribution < 1.29 is 4.79 Å². The maximum atomic E-state index is 12.8. The summed E-state index contributed by atoms with van der Waals surface area (Å²) < 4.78 is 3.72. The molecule has 0 bridgehead atoms. The molecule has 0 aliphatic carbocycles. The van der Waals surface area contributed by atoms with Crippen LogP contribution in [0, 0.1) is 0 Å². The van der Waals surface area contributed by atoms with E-state index in [0.29, 0.717) is 12.1 Å². The zero-order chi connectivity index (χ0) is 19.8. The number of para-hydroxylation sites is 1. The Balaban J connectivity index is 1.70. The Kier molecular flexibility index (Phi) is 7.03. The SMILES string of the molecule is CCCCN(C)CCCNC(=O)c1cnn(-c2ccccc2)c1-n1cccc1. The van der Waals surface area contributed by atoms with Gasteiger partial charge in [-0.25, -0.2) is 4.68 Å². The van der Waals surface area contributed by atoms with Crippen LogP contribution in [0.4, 0.5) is 0 Å². The first-order valence-electron chi connectivity index (χ1n) is 9.94. The summed E-state index contributed by atoms with van der Waals surface area (Å²) in [4.78, 5) is 15.1. The lowest BCUT2D eigenvalue weighted by molar-refractivity contribution is 0.0952. The molecule has 0 unspecified atom stereocenters. The quantitative estimate of drug-likeness (QED) is 0.549. The van der Waals surface area contributed by atoms with Crippen molar-refractivity contribution in [1.82, 2.24) is 24.6 Å². The van der Waals surface area contributed by atoms with Crippen LogP contribution in [-0.2, 0) is 0 Å². The zero-order valence-corrected chi connectivity index (χ0v) is 16.7. The number of unbranched alkanes of at least 4 members (excludes halogenated alkanes) is 1. The molecule has 6 nitrogen and oxygen atoms in total. The Bertz CT molecular complexity index is 854. The third kappa shape index (κ3) is 4.89. The van der Waals surface area contributed by atoms with Crippen molar-refractivity contribution in [1.29, 1.82) is 0 Å². The van der Waals surface area contributed by atoms with Gasteiger partial charge in [0.2, 0.25) is 0 Å². The minimum absolute atomic E-state index is 0.0953. The standard InChI is InChI=1S/C22H29N5O/c1-3-4-14-25(2)15-10-13-23-21(28)20-18-24-27(19-11-6-5-7-12-19)22(20)26-16-8-9-17-26/h5-9,11-12,16-18H,3-4,10,13-15H2,1-2H3,(H,23,28). The molecule has 0 saturated heterocycles. The topological polar surface area (TPSA) is 55.1 Å². The van der Waals surface area contributed by atoms with E-state index in [0.717, 1.165) is 31.0 Å². The van der Waals surface area contributed by atoms with Gasteiger partial charge in [-0.1, -0.05) is 31.5 Å². The maximum absolute atomic E-state index is 12.8. The van der Waals surface area contributed by atoms with Crippen LogP contribution in [0.3, 0.4) is 0 Å². The highest BCUT2D eigenvalue weighted by Gasteiger charge is 2.19. The highest BCUT2D eigenvalue weighted by Crippen LogP contribution is 2.19. The Morgan fingerprint density at radius 1 is 1.07 bits per heavy atom. The van der Waals surface area contributed by atoms with E-state index < -0.39 is 0 Å². The summed E-state index contributed by atoms with van der Waals surface area (Å²) in [6, 6.07) is 13.7. The van der Waals surface area contributed by atoms with Gasteiger partial charge < -0.3 is 14.8 Å². The first-order valence-corrected chi connectivity index (χ1v) is 9.94. The van der Waals surface area contributed by atoms with Crippen LogP contribution < -0.4 is 5.32 Å². The van der Waals surface area contributed by atoms with Crippen LogP contribution in [0.5, 0.6) is 0 Å². The minimum Gasteiger partial charge on any atom is -0.352 e. The molecular weight excluding hydrogens is 350 g/mol. The molecule has 0 atom stereocenters. The van der Waals surface area contributed by atoms with Crippen LogP contribution in [0.1, 0.15) is 36.5 Å². The van der Waals surface area contributed by atoms with Crippen molar-refractivity contribution in [3.8, 4) is 11.5 Å². The Hall–Kier alpha value is -2.86. The van der Waals surface area contributed by atoms with Crippen molar-refractivity contribution in [3.63, 3.8) is 0 Å². The number of benzene rings is 1. The van der Waals surface area contributed by atoms with E-state index in [-0.39, 0.29) is 5.91 Å². The van der Waals surface area contributed by atoms with Crippen LogP contribution in [-0.4, -0.2) is 51.8 Å². The fraction of sp³-hybridized carbons (Fsp3) is 0.364. The van der Waals surface area contributed by atoms with Gasteiger partial charge in [0, 0.05) is 18.9 Å². The summed E-state index contributed by atoms with van der Waals surface area (Å²) in [5, 5.41) is 7.53. The van der Waals surface area contributed by atoms with Gasteiger partial charge in [0.05, 0.1) is 11.9 Å². The molecule has 0 aliphatic heterocycles. The van der Waals surface area contributed by atoms with Crippen LogP contribution in [0.2, 0.25) is 0 Å². The second kappa shape index (κ2) is 9.90. The predicted molar refractivity (Wildman–Crippen MR) is 112 cm³/mol. The average molecular weight is 380 g/mol. The number of amides is 1. The summed E-state index contributed by atoms with van der Waals surface area (Å²) in [6.45, 7) is 4.93. The number of nitrogens with zero attached hydrogens (tertiary/aromatic N) is 4. The van der Waals surface area contributed by atoms with Gasteiger partial charge in [-0.05, 0) is 57.2 Å². The largest absolute Gasteiger partial charge is 0.352 e. The molecule has 0 radical (unpaired) electrons. The van der Waals surface area contributed by atoms with E-state index in [2.05, 4.69) is 29.3 Å². The molecule has 3 aromatic rings. The predicted octanol–water partition coefficient (Wildman–Crippen LogP) is 3.51. The molecule has 0 aliphatic rings. The van der Waals surface area contributed by atoms with Gasteiger partial charge in [-0.3, -0.25) is 4.79 Å². The third-order valence-corrected chi connectivity index (χ3v) is 4.73. The molecule has 1 amide bonds. The van der Waals surface area contributed by atoms with Crippen molar-refractivity contribution >= 4 is 5.91 Å². The summed E-state index contributed by atoms with van der Waals surface area (Å²) in [7, 11) is 2.13. The number of carbonyl (C=O) groups is 1. The van der Waals surface area contributed by atoms with Crippen LogP contribution in [0.25, 0.3) is 11.5 Å². The van der Waals surface area contributed by atoms with Crippen molar-refractivity contribution in [2.45, 2.75) is 26.2 Å². The van der Waals surface area contributed by atoms with Gasteiger partial charge in [0.25, 0.3) is 5.91 Å². The highest BCUT2D eigenvalue weighted by molar-refractivity contribution is 5.97. The first-order chi connectivity index (χ1) is 13.7. The molecule has 1 N–H and O–H groups in total. The number of hydrogen-bond donors (Lipinski definition) is 1. The smallest absolute Gasteiger partial charge is 0.256 e. The lowest BCUT2D eigenvalue weighted by Crippen LogP contribution is -2.29. The molecule has 3 rings (SSSR count). The van der Waals surface area contributed by atoms with Gasteiger partial charge in [-0.15, -0.1) is 0 Å². The van der Waals surface area contributed by atoms with E-state index in [1.165, 1.54) is 12.8 Å². The lowest BCUT2D eigenvalue weighted by atomic mass is 10.2. The van der Waals surface area contributed by atoms with Gasteiger partial charge in [0.1, 0.15) is 5.56 Å². The van der Waals surface area contributed by atoms with Crippen molar-refractivity contribution in [2.75, 3.05) is 26.7 Å². The Morgan fingerprint density at radius 2 is 1.79 bits per heavy atom.